The van der Waals surface area contributed by atoms with E-state index in [2.05, 4.69) is 0 Å². The number of halogens is 2. The Morgan fingerprint density at radius 3 is 2.58 bits per heavy atom. The van der Waals surface area contributed by atoms with Crippen LogP contribution in [0.15, 0.2) is 0 Å². The highest BCUT2D eigenvalue weighted by molar-refractivity contribution is 5.85. The third kappa shape index (κ3) is 3.05. The van der Waals surface area contributed by atoms with Crippen molar-refractivity contribution in [3.8, 4) is 0 Å². The van der Waals surface area contributed by atoms with Crippen molar-refractivity contribution in [2.45, 2.75) is 18.1 Å². The lowest BCUT2D eigenvalue weighted by Crippen LogP contribution is -3.00. The minimum absolute atomic E-state index is 0. The van der Waals surface area contributed by atoms with Crippen LogP contribution in [0, 0.1) is 0 Å². The first-order valence-corrected chi connectivity index (χ1v) is 3.37. The summed E-state index contributed by atoms with van der Waals surface area (Å²) < 4.78 is 4.91. The molecule has 1 aliphatic heterocycles. The van der Waals surface area contributed by atoms with Gasteiger partial charge >= 0.3 is 1.43 Å². The van der Waals surface area contributed by atoms with Crippen molar-refractivity contribution < 1.29 is 28.8 Å². The Bertz CT molecular complexity index is 132. The summed E-state index contributed by atoms with van der Waals surface area (Å²) >= 11 is 0. The van der Waals surface area contributed by atoms with Crippen molar-refractivity contribution in [3.63, 3.8) is 0 Å². The van der Waals surface area contributed by atoms with Crippen molar-refractivity contribution in [1.82, 2.24) is 0 Å². The highest BCUT2D eigenvalue weighted by Crippen LogP contribution is 2.18. The summed E-state index contributed by atoms with van der Waals surface area (Å²) in [5, 5.41) is 18.7. The number of nitrogens with two attached hydrogens (primary N) is 1. The van der Waals surface area contributed by atoms with Crippen LogP contribution in [0.25, 0.3) is 0 Å². The van der Waals surface area contributed by atoms with Gasteiger partial charge in [0.2, 0.25) is 0 Å². The molecule has 1 aliphatic rings. The van der Waals surface area contributed by atoms with Gasteiger partial charge in [0.25, 0.3) is 0 Å². The van der Waals surface area contributed by atoms with E-state index in [1.54, 1.807) is 0 Å². The van der Waals surface area contributed by atoms with E-state index in [9.17, 15) is 10.2 Å². The largest absolute Gasteiger partial charge is 1.00 e. The Labute approximate surface area is 85.4 Å². The average molecular weight is 220 g/mol. The molecule has 0 bridgehead atoms. The van der Waals surface area contributed by atoms with Gasteiger partial charge in [-0.25, -0.2) is 0 Å². The van der Waals surface area contributed by atoms with Crippen LogP contribution < -0.4 is 18.1 Å². The first-order valence-electron chi connectivity index (χ1n) is 3.37. The molecule has 76 valence electrons. The fraction of sp³-hybridized carbons (Fsp3) is 1.00. The molecule has 2 atom stereocenters. The predicted octanol–water partition coefficient (Wildman–Crippen LogP) is -4.00. The quantitative estimate of drug-likeness (QED) is 0.421. The third-order valence-corrected chi connectivity index (χ3v) is 1.93. The molecule has 0 aromatic rings. The second kappa shape index (κ2) is 5.96. The van der Waals surface area contributed by atoms with Crippen LogP contribution in [-0.2, 0) is 4.74 Å². The van der Waals surface area contributed by atoms with Crippen molar-refractivity contribution in [2.75, 3.05) is 19.8 Å². The van der Waals surface area contributed by atoms with Crippen LogP contribution in [0.5, 0.6) is 0 Å². The van der Waals surface area contributed by atoms with E-state index in [1.165, 1.54) is 0 Å². The molecule has 0 radical (unpaired) electrons. The molecule has 0 amide bonds. The van der Waals surface area contributed by atoms with Crippen LogP contribution in [0.1, 0.15) is 7.85 Å². The molecule has 12 heavy (non-hydrogen) atoms. The second-order valence-corrected chi connectivity index (χ2v) is 2.65. The fourth-order valence-corrected chi connectivity index (χ4v) is 1.00. The molecule has 0 aromatic heterocycles. The zero-order valence-corrected chi connectivity index (χ0v) is 8.14. The van der Waals surface area contributed by atoms with Crippen molar-refractivity contribution in [2.24, 2.45) is 5.73 Å². The van der Waals surface area contributed by atoms with E-state index in [0.29, 0.717) is 13.0 Å². The number of rotatable bonds is 1. The standard InChI is InChI=1S/C6H13NO3.2ClH/c7-4-6(9)1-2-10-3-5(6)8;;/h5,8-9H,1-4,7H2;2*1H. The van der Waals surface area contributed by atoms with Gasteiger partial charge in [0.1, 0.15) is 11.7 Å². The molecule has 6 heteroatoms. The average Bonchev–Trinajstić information content (AvgIpc) is 1.96. The molecule has 0 spiro atoms. The highest BCUT2D eigenvalue weighted by Gasteiger charge is 2.36. The Kier molecular flexibility index (Phi) is 7.41. The first-order chi connectivity index (χ1) is 4.69. The summed E-state index contributed by atoms with van der Waals surface area (Å²) in [6.45, 7) is 0.760. The Hall–Kier alpha value is 0.420. The summed E-state index contributed by atoms with van der Waals surface area (Å²) in [5.74, 6) is 0. The van der Waals surface area contributed by atoms with Crippen LogP contribution in [-0.4, -0.2) is 41.7 Å². The number of hydrogen-bond donors (Lipinski definition) is 3. The number of aliphatic hydroxyl groups is 2. The number of ether oxygens (including phenoxy) is 1. The SMILES string of the molecule is Cl.NCC1(O)CCOCC1O.[Cl-].[H+]. The maximum absolute atomic E-state index is 9.49. The van der Waals surface area contributed by atoms with Gasteiger partial charge in [-0.15, -0.1) is 12.4 Å². The Morgan fingerprint density at radius 1 is 1.67 bits per heavy atom. The predicted molar refractivity (Wildman–Crippen MR) is 43.8 cm³/mol. The molecule has 1 saturated heterocycles. The van der Waals surface area contributed by atoms with Gasteiger partial charge < -0.3 is 33.1 Å². The van der Waals surface area contributed by atoms with Crippen molar-refractivity contribution in [1.29, 1.82) is 0 Å². The van der Waals surface area contributed by atoms with E-state index in [1.807, 2.05) is 0 Å². The molecule has 0 saturated carbocycles. The molecule has 2 unspecified atom stereocenters. The normalized spacial score (nSPS) is 34.8. The van der Waals surface area contributed by atoms with Gasteiger partial charge in [-0.1, -0.05) is 0 Å². The smallest absolute Gasteiger partial charge is 1.00 e. The lowest BCUT2D eigenvalue weighted by atomic mass is 9.92. The van der Waals surface area contributed by atoms with Crippen LogP contribution >= 0.6 is 12.4 Å². The van der Waals surface area contributed by atoms with E-state index in [0.717, 1.165) is 0 Å². The van der Waals surface area contributed by atoms with E-state index >= 15 is 0 Å². The summed E-state index contributed by atoms with van der Waals surface area (Å²) in [6, 6.07) is 0. The van der Waals surface area contributed by atoms with E-state index in [4.69, 9.17) is 10.5 Å². The molecule has 1 rings (SSSR count). The van der Waals surface area contributed by atoms with Crippen LogP contribution in [0.4, 0.5) is 0 Å². The minimum Gasteiger partial charge on any atom is -1.00 e. The lowest BCUT2D eigenvalue weighted by Gasteiger charge is -2.35. The molecular formula is C6H15Cl2NO3. The summed E-state index contributed by atoms with van der Waals surface area (Å²) in [7, 11) is 0. The zero-order chi connectivity index (χ0) is 7.61. The molecular weight excluding hydrogens is 205 g/mol. The molecule has 4 N–H and O–H groups in total. The number of aliphatic hydroxyl groups excluding tert-OH is 1. The number of hydrogen-bond acceptors (Lipinski definition) is 4. The minimum atomic E-state index is -1.11. The first kappa shape index (κ1) is 14.9. The van der Waals surface area contributed by atoms with Gasteiger partial charge in [0.05, 0.1) is 6.61 Å². The van der Waals surface area contributed by atoms with E-state index < -0.39 is 11.7 Å². The molecule has 1 fully saturated rings. The monoisotopic (exact) mass is 219 g/mol. The fourth-order valence-electron chi connectivity index (χ4n) is 1.00. The van der Waals surface area contributed by atoms with Crippen molar-refractivity contribution >= 4 is 12.4 Å². The second-order valence-electron chi connectivity index (χ2n) is 2.65. The van der Waals surface area contributed by atoms with Gasteiger partial charge in [0.15, 0.2) is 0 Å². The van der Waals surface area contributed by atoms with E-state index in [-0.39, 0.29) is 39.4 Å². The maximum atomic E-state index is 9.49. The summed E-state index contributed by atoms with van der Waals surface area (Å²) in [6.07, 6.45) is -0.406. The van der Waals surface area contributed by atoms with Gasteiger partial charge in [0, 0.05) is 19.6 Å². The van der Waals surface area contributed by atoms with Crippen molar-refractivity contribution in [3.05, 3.63) is 0 Å². The summed E-state index contributed by atoms with van der Waals surface area (Å²) in [5.41, 5.74) is 4.15. The van der Waals surface area contributed by atoms with Gasteiger partial charge in [-0.2, -0.15) is 0 Å². The maximum Gasteiger partial charge on any atom is 1.00 e. The zero-order valence-electron chi connectivity index (χ0n) is 7.57. The highest BCUT2D eigenvalue weighted by atomic mass is 35.5. The van der Waals surface area contributed by atoms with Crippen LogP contribution in [0.2, 0.25) is 0 Å². The molecule has 4 nitrogen and oxygen atoms in total. The third-order valence-electron chi connectivity index (χ3n) is 1.93. The molecule has 0 aliphatic carbocycles. The summed E-state index contributed by atoms with van der Waals surface area (Å²) in [4.78, 5) is 0. The Morgan fingerprint density at radius 2 is 2.25 bits per heavy atom. The topological polar surface area (TPSA) is 75.7 Å². The van der Waals surface area contributed by atoms with Crippen LogP contribution in [0.3, 0.4) is 0 Å². The molecule has 0 aromatic carbocycles. The molecule has 1 heterocycles. The Balaban J connectivity index is -0.000000333. The lowest BCUT2D eigenvalue weighted by molar-refractivity contribution is -0.146. The van der Waals surface area contributed by atoms with Gasteiger partial charge in [-0.3, -0.25) is 0 Å². The van der Waals surface area contributed by atoms with Gasteiger partial charge in [-0.05, 0) is 0 Å².